The molecule has 0 saturated heterocycles. The first kappa shape index (κ1) is 12.4. The molecule has 0 amide bonds. The number of hydrogen-bond acceptors (Lipinski definition) is 0. The van der Waals surface area contributed by atoms with E-state index in [2.05, 4.69) is 74.0 Å². The van der Waals surface area contributed by atoms with Crippen molar-refractivity contribution in [1.29, 1.82) is 0 Å². The highest BCUT2D eigenvalue weighted by Crippen LogP contribution is 2.35. The van der Waals surface area contributed by atoms with Crippen molar-refractivity contribution >= 4 is 15.9 Å². The van der Waals surface area contributed by atoms with Crippen LogP contribution in [-0.4, -0.2) is 0 Å². The van der Waals surface area contributed by atoms with Gasteiger partial charge in [0.25, 0.3) is 0 Å². The average molecular weight is 289 g/mol. The van der Waals surface area contributed by atoms with Gasteiger partial charge in [0, 0.05) is 4.47 Å². The van der Waals surface area contributed by atoms with E-state index in [9.17, 15) is 0 Å². The van der Waals surface area contributed by atoms with E-state index in [4.69, 9.17) is 0 Å². The molecule has 0 aliphatic heterocycles. The first-order valence-electron chi connectivity index (χ1n) is 5.84. The van der Waals surface area contributed by atoms with Crippen molar-refractivity contribution in [2.24, 2.45) is 0 Å². The summed E-state index contributed by atoms with van der Waals surface area (Å²) in [5.74, 6) is 0. The SMILES string of the molecule is Cc1cccc(C)c1-c1c(C)ccc(Br)c1C. The third-order valence-electron chi connectivity index (χ3n) is 3.34. The maximum atomic E-state index is 3.63. The maximum absolute atomic E-state index is 3.63. The second-order valence-corrected chi connectivity index (χ2v) is 5.49. The molecule has 2 rings (SSSR count). The Morgan fingerprint density at radius 2 is 1.24 bits per heavy atom. The first-order valence-corrected chi connectivity index (χ1v) is 6.64. The Balaban J connectivity index is 2.82. The van der Waals surface area contributed by atoms with Gasteiger partial charge in [0.2, 0.25) is 0 Å². The molecule has 0 N–H and O–H groups in total. The zero-order valence-corrected chi connectivity index (χ0v) is 12.4. The number of halogens is 1. The largest absolute Gasteiger partial charge is 0.0617 e. The number of benzene rings is 2. The van der Waals surface area contributed by atoms with Crippen molar-refractivity contribution in [3.63, 3.8) is 0 Å². The van der Waals surface area contributed by atoms with E-state index >= 15 is 0 Å². The predicted molar refractivity (Wildman–Crippen MR) is 78.5 cm³/mol. The third kappa shape index (κ3) is 2.16. The van der Waals surface area contributed by atoms with Crippen LogP contribution in [0.1, 0.15) is 22.3 Å². The third-order valence-corrected chi connectivity index (χ3v) is 4.20. The van der Waals surface area contributed by atoms with Gasteiger partial charge in [-0.05, 0) is 67.1 Å². The summed E-state index contributed by atoms with van der Waals surface area (Å²) in [6.07, 6.45) is 0. The first-order chi connectivity index (χ1) is 8.02. The van der Waals surface area contributed by atoms with Crippen molar-refractivity contribution in [2.45, 2.75) is 27.7 Å². The molecule has 0 aliphatic rings. The zero-order valence-electron chi connectivity index (χ0n) is 10.8. The lowest BCUT2D eigenvalue weighted by Crippen LogP contribution is -1.94. The summed E-state index contributed by atoms with van der Waals surface area (Å²) in [6, 6.07) is 10.8. The molecule has 0 heterocycles. The van der Waals surface area contributed by atoms with E-state index in [0.717, 1.165) is 0 Å². The van der Waals surface area contributed by atoms with Crippen LogP contribution in [0.4, 0.5) is 0 Å². The molecule has 0 unspecified atom stereocenters. The van der Waals surface area contributed by atoms with E-state index in [1.54, 1.807) is 0 Å². The van der Waals surface area contributed by atoms with Crippen LogP contribution in [-0.2, 0) is 0 Å². The highest BCUT2D eigenvalue weighted by atomic mass is 79.9. The fourth-order valence-electron chi connectivity index (χ4n) is 2.42. The Labute approximate surface area is 112 Å². The standard InChI is InChI=1S/C16H17Br/c1-10-6-5-7-11(2)15(10)16-12(3)8-9-14(17)13(16)4/h5-9H,1-4H3. The van der Waals surface area contributed by atoms with E-state index in [0.29, 0.717) is 0 Å². The van der Waals surface area contributed by atoms with Gasteiger partial charge in [0.1, 0.15) is 0 Å². The minimum atomic E-state index is 1.18. The minimum Gasteiger partial charge on any atom is -0.0617 e. The monoisotopic (exact) mass is 288 g/mol. The van der Waals surface area contributed by atoms with Crippen LogP contribution in [0.25, 0.3) is 11.1 Å². The molecule has 17 heavy (non-hydrogen) atoms. The number of rotatable bonds is 1. The van der Waals surface area contributed by atoms with Gasteiger partial charge in [-0.2, -0.15) is 0 Å². The van der Waals surface area contributed by atoms with Gasteiger partial charge >= 0.3 is 0 Å². The lowest BCUT2D eigenvalue weighted by molar-refractivity contribution is 1.30. The molecular formula is C16H17Br. The molecule has 0 bridgehead atoms. The lowest BCUT2D eigenvalue weighted by Gasteiger charge is -2.16. The topological polar surface area (TPSA) is 0 Å². The highest BCUT2D eigenvalue weighted by molar-refractivity contribution is 9.10. The smallest absolute Gasteiger partial charge is 0.0210 e. The van der Waals surface area contributed by atoms with Gasteiger partial charge in [0.05, 0.1) is 0 Å². The predicted octanol–water partition coefficient (Wildman–Crippen LogP) is 5.35. The molecule has 0 nitrogen and oxygen atoms in total. The fraction of sp³-hybridized carbons (Fsp3) is 0.250. The number of hydrogen-bond donors (Lipinski definition) is 0. The Kier molecular flexibility index (Phi) is 3.39. The van der Waals surface area contributed by atoms with Crippen LogP contribution in [0, 0.1) is 27.7 Å². The van der Waals surface area contributed by atoms with E-state index in [1.807, 2.05) is 0 Å². The Bertz CT molecular complexity index is 548. The molecule has 0 radical (unpaired) electrons. The number of aryl methyl sites for hydroxylation is 3. The fourth-order valence-corrected chi connectivity index (χ4v) is 2.75. The Morgan fingerprint density at radius 1 is 0.706 bits per heavy atom. The summed E-state index contributed by atoms with van der Waals surface area (Å²) in [6.45, 7) is 8.73. The summed E-state index contributed by atoms with van der Waals surface area (Å²) in [5.41, 5.74) is 8.09. The van der Waals surface area contributed by atoms with Crippen LogP contribution >= 0.6 is 15.9 Å². The molecule has 0 fully saturated rings. The van der Waals surface area contributed by atoms with Gasteiger partial charge in [0.15, 0.2) is 0 Å². The van der Waals surface area contributed by atoms with Crippen molar-refractivity contribution < 1.29 is 0 Å². The summed E-state index contributed by atoms with van der Waals surface area (Å²) >= 11 is 3.63. The summed E-state index contributed by atoms with van der Waals surface area (Å²) in [7, 11) is 0. The van der Waals surface area contributed by atoms with Gasteiger partial charge in [-0.3, -0.25) is 0 Å². The van der Waals surface area contributed by atoms with Crippen molar-refractivity contribution in [2.75, 3.05) is 0 Å². The molecular weight excluding hydrogens is 272 g/mol. The maximum Gasteiger partial charge on any atom is 0.0210 e. The van der Waals surface area contributed by atoms with Crippen LogP contribution < -0.4 is 0 Å². The second-order valence-electron chi connectivity index (χ2n) is 4.63. The molecule has 0 aliphatic carbocycles. The van der Waals surface area contributed by atoms with Crippen LogP contribution in [0.15, 0.2) is 34.8 Å². The quantitative estimate of drug-likeness (QED) is 0.664. The molecule has 0 saturated carbocycles. The van der Waals surface area contributed by atoms with E-state index < -0.39 is 0 Å². The Hall–Kier alpha value is -1.08. The molecule has 2 aromatic carbocycles. The van der Waals surface area contributed by atoms with Crippen LogP contribution in [0.3, 0.4) is 0 Å². The molecule has 2 aromatic rings. The van der Waals surface area contributed by atoms with Crippen molar-refractivity contribution in [1.82, 2.24) is 0 Å². The van der Waals surface area contributed by atoms with Crippen molar-refractivity contribution in [3.8, 4) is 11.1 Å². The summed E-state index contributed by atoms with van der Waals surface area (Å²) in [4.78, 5) is 0. The van der Waals surface area contributed by atoms with Gasteiger partial charge in [-0.1, -0.05) is 40.2 Å². The molecule has 0 atom stereocenters. The zero-order chi connectivity index (χ0) is 12.6. The van der Waals surface area contributed by atoms with Gasteiger partial charge < -0.3 is 0 Å². The van der Waals surface area contributed by atoms with Gasteiger partial charge in [-0.15, -0.1) is 0 Å². The molecule has 88 valence electrons. The lowest BCUT2D eigenvalue weighted by atomic mass is 9.90. The minimum absolute atomic E-state index is 1.18. The van der Waals surface area contributed by atoms with Crippen molar-refractivity contribution in [3.05, 3.63) is 57.1 Å². The summed E-state index contributed by atoms with van der Waals surface area (Å²) in [5, 5.41) is 0. The molecule has 1 heteroatoms. The van der Waals surface area contributed by atoms with E-state index in [1.165, 1.54) is 37.9 Å². The van der Waals surface area contributed by atoms with E-state index in [-0.39, 0.29) is 0 Å². The average Bonchev–Trinajstić information content (AvgIpc) is 2.28. The normalized spacial score (nSPS) is 10.6. The van der Waals surface area contributed by atoms with Crippen LogP contribution in [0.5, 0.6) is 0 Å². The Morgan fingerprint density at radius 3 is 1.82 bits per heavy atom. The van der Waals surface area contributed by atoms with Crippen LogP contribution in [0.2, 0.25) is 0 Å². The summed E-state index contributed by atoms with van der Waals surface area (Å²) < 4.78 is 1.18. The highest BCUT2D eigenvalue weighted by Gasteiger charge is 2.12. The molecule has 0 aromatic heterocycles. The van der Waals surface area contributed by atoms with Gasteiger partial charge in [-0.25, -0.2) is 0 Å². The second kappa shape index (κ2) is 4.66. The molecule has 0 spiro atoms.